The first-order valence-electron chi connectivity index (χ1n) is 7.37. The molecule has 1 aromatic carbocycles. The Balaban J connectivity index is 2.66. The molecule has 1 aromatic rings. The Labute approximate surface area is 144 Å². The van der Waals surface area contributed by atoms with Gasteiger partial charge in [-0.15, -0.1) is 0 Å². The minimum Gasteiger partial charge on any atom is -0.475 e. The highest BCUT2D eigenvalue weighted by Gasteiger charge is 2.50. The molecule has 0 radical (unpaired) electrons. The number of carbonyl (C=O) groups excluding carboxylic acids is 1. The third-order valence-electron chi connectivity index (χ3n) is 3.53. The van der Waals surface area contributed by atoms with Crippen LogP contribution in [-0.4, -0.2) is 36.1 Å². The van der Waals surface area contributed by atoms with Crippen molar-refractivity contribution in [3.8, 4) is 5.75 Å². The van der Waals surface area contributed by atoms with Crippen molar-refractivity contribution in [1.29, 1.82) is 0 Å². The molecule has 2 unspecified atom stereocenters. The first-order valence-corrected chi connectivity index (χ1v) is 7.37. The number of hydrogen-bond acceptors (Lipinski definition) is 4. The molecule has 1 aliphatic rings. The highest BCUT2D eigenvalue weighted by atomic mass is 19.4. The van der Waals surface area contributed by atoms with E-state index in [-0.39, 0.29) is 17.7 Å². The number of aryl methyl sites for hydroxylation is 1. The Kier molecular flexibility index (Phi) is 5.27. The molecule has 2 rings (SSSR count). The van der Waals surface area contributed by atoms with E-state index in [1.54, 1.807) is 0 Å². The molecule has 1 heterocycles. The fourth-order valence-electron chi connectivity index (χ4n) is 2.50. The molecule has 2 atom stereocenters. The molecular formula is C16H14F6O4. The van der Waals surface area contributed by atoms with Crippen LogP contribution in [0.4, 0.5) is 26.3 Å². The zero-order valence-corrected chi connectivity index (χ0v) is 13.5. The van der Waals surface area contributed by atoms with Crippen LogP contribution >= 0.6 is 0 Å². The molecule has 0 aliphatic carbocycles. The summed E-state index contributed by atoms with van der Waals surface area (Å²) >= 11 is 0. The van der Waals surface area contributed by atoms with E-state index in [4.69, 9.17) is 4.74 Å². The predicted octanol–water partition coefficient (Wildman–Crippen LogP) is 3.86. The Morgan fingerprint density at radius 1 is 1.27 bits per heavy atom. The van der Waals surface area contributed by atoms with Crippen molar-refractivity contribution in [3.05, 3.63) is 34.4 Å². The summed E-state index contributed by atoms with van der Waals surface area (Å²) in [5.41, 5.74) is -1.70. The minimum absolute atomic E-state index is 0.188. The number of halogens is 6. The molecule has 1 aliphatic heterocycles. The second-order valence-corrected chi connectivity index (χ2v) is 5.58. The minimum atomic E-state index is -5.11. The highest BCUT2D eigenvalue weighted by Crippen LogP contribution is 2.45. The SMILES string of the molecule is CCOC(=O)C1=Cc2cc(C)cc(C(O)C(F)(F)F)c2OC1C(F)(F)F. The van der Waals surface area contributed by atoms with Crippen molar-refractivity contribution < 1.29 is 45.7 Å². The summed E-state index contributed by atoms with van der Waals surface area (Å²) in [6.07, 6.45) is -15.3. The van der Waals surface area contributed by atoms with Gasteiger partial charge in [0.05, 0.1) is 12.2 Å². The molecule has 0 saturated heterocycles. The number of rotatable bonds is 3. The molecular weight excluding hydrogens is 370 g/mol. The number of ether oxygens (including phenoxy) is 2. The van der Waals surface area contributed by atoms with Crippen LogP contribution in [-0.2, 0) is 9.53 Å². The van der Waals surface area contributed by atoms with Gasteiger partial charge in [0.15, 0.2) is 6.10 Å². The zero-order valence-electron chi connectivity index (χ0n) is 13.5. The van der Waals surface area contributed by atoms with Crippen molar-refractivity contribution >= 4 is 12.0 Å². The number of aliphatic hydroxyl groups is 1. The number of fused-ring (bicyclic) bond motifs is 1. The third kappa shape index (κ3) is 3.95. The van der Waals surface area contributed by atoms with Crippen LogP contribution in [0.1, 0.15) is 29.7 Å². The molecule has 10 heteroatoms. The van der Waals surface area contributed by atoms with E-state index in [0.717, 1.165) is 12.1 Å². The van der Waals surface area contributed by atoms with Gasteiger partial charge in [0.1, 0.15) is 5.75 Å². The van der Waals surface area contributed by atoms with Gasteiger partial charge < -0.3 is 14.6 Å². The maximum Gasteiger partial charge on any atom is 0.430 e. The zero-order chi connectivity index (χ0) is 19.9. The van der Waals surface area contributed by atoms with E-state index in [0.29, 0.717) is 0 Å². The standard InChI is InChI=1S/C16H14F6O4/c1-3-25-14(24)10-6-8-4-7(2)5-9(12(23)15(17,18)19)11(8)26-13(10)16(20,21)22/h4-6,12-13,23H,3H2,1-2H3. The van der Waals surface area contributed by atoms with E-state index in [1.807, 2.05) is 0 Å². The lowest BCUT2D eigenvalue weighted by Gasteiger charge is -2.30. The average Bonchev–Trinajstić information content (AvgIpc) is 2.50. The van der Waals surface area contributed by atoms with Crippen molar-refractivity contribution in [2.24, 2.45) is 0 Å². The first kappa shape index (κ1) is 20.1. The van der Waals surface area contributed by atoms with Gasteiger partial charge in [-0.1, -0.05) is 0 Å². The van der Waals surface area contributed by atoms with Crippen LogP contribution in [0.25, 0.3) is 6.08 Å². The summed E-state index contributed by atoms with van der Waals surface area (Å²) in [5, 5.41) is 9.49. The van der Waals surface area contributed by atoms with Crippen LogP contribution in [0.5, 0.6) is 5.75 Å². The van der Waals surface area contributed by atoms with Crippen molar-refractivity contribution in [3.63, 3.8) is 0 Å². The van der Waals surface area contributed by atoms with Crippen molar-refractivity contribution in [2.45, 2.75) is 38.4 Å². The van der Waals surface area contributed by atoms with Gasteiger partial charge >= 0.3 is 18.3 Å². The smallest absolute Gasteiger partial charge is 0.430 e. The summed E-state index contributed by atoms with van der Waals surface area (Å²) in [4.78, 5) is 11.8. The molecule has 144 valence electrons. The fourth-order valence-corrected chi connectivity index (χ4v) is 2.50. The van der Waals surface area contributed by atoms with E-state index < -0.39 is 47.4 Å². The third-order valence-corrected chi connectivity index (χ3v) is 3.53. The van der Waals surface area contributed by atoms with E-state index in [9.17, 15) is 36.2 Å². The Morgan fingerprint density at radius 3 is 2.38 bits per heavy atom. The summed E-state index contributed by atoms with van der Waals surface area (Å²) in [6.45, 7) is 2.58. The summed E-state index contributed by atoms with van der Waals surface area (Å²) in [6, 6.07) is 2.13. The second-order valence-electron chi connectivity index (χ2n) is 5.58. The number of carbonyl (C=O) groups is 1. The normalized spacial score (nSPS) is 18.5. The molecule has 0 aromatic heterocycles. The van der Waals surface area contributed by atoms with Gasteiger partial charge in [-0.05, 0) is 37.6 Å². The molecule has 0 amide bonds. The maximum atomic E-state index is 13.3. The number of benzene rings is 1. The Bertz CT molecular complexity index is 735. The molecule has 4 nitrogen and oxygen atoms in total. The van der Waals surface area contributed by atoms with Crippen LogP contribution in [0.15, 0.2) is 17.7 Å². The number of esters is 1. The number of hydrogen-bond donors (Lipinski definition) is 1. The molecule has 0 spiro atoms. The Hall–Kier alpha value is -2.23. The molecule has 0 bridgehead atoms. The van der Waals surface area contributed by atoms with E-state index in [2.05, 4.69) is 4.74 Å². The Morgan fingerprint density at radius 2 is 1.88 bits per heavy atom. The second kappa shape index (κ2) is 6.82. The molecule has 1 N–H and O–H groups in total. The monoisotopic (exact) mass is 384 g/mol. The first-order chi connectivity index (χ1) is 11.9. The van der Waals surface area contributed by atoms with Crippen LogP contribution in [0, 0.1) is 6.92 Å². The van der Waals surface area contributed by atoms with E-state index >= 15 is 0 Å². The lowest BCUT2D eigenvalue weighted by molar-refractivity contribution is -0.208. The van der Waals surface area contributed by atoms with Crippen molar-refractivity contribution in [1.82, 2.24) is 0 Å². The van der Waals surface area contributed by atoms with Gasteiger partial charge in [0, 0.05) is 11.1 Å². The largest absolute Gasteiger partial charge is 0.475 e. The van der Waals surface area contributed by atoms with Gasteiger partial charge in [-0.3, -0.25) is 0 Å². The van der Waals surface area contributed by atoms with E-state index in [1.165, 1.54) is 19.9 Å². The van der Waals surface area contributed by atoms with Crippen LogP contribution < -0.4 is 4.74 Å². The summed E-state index contributed by atoms with van der Waals surface area (Å²) in [5.74, 6) is -2.07. The molecule has 0 fully saturated rings. The summed E-state index contributed by atoms with van der Waals surface area (Å²) in [7, 11) is 0. The van der Waals surface area contributed by atoms with Gasteiger partial charge in [-0.2, -0.15) is 26.3 Å². The topological polar surface area (TPSA) is 55.8 Å². The van der Waals surface area contributed by atoms with Gasteiger partial charge in [0.2, 0.25) is 6.10 Å². The number of aliphatic hydroxyl groups excluding tert-OH is 1. The molecule has 0 saturated carbocycles. The van der Waals surface area contributed by atoms with Crippen LogP contribution in [0.2, 0.25) is 0 Å². The van der Waals surface area contributed by atoms with Gasteiger partial charge in [-0.25, -0.2) is 4.79 Å². The van der Waals surface area contributed by atoms with Crippen molar-refractivity contribution in [2.75, 3.05) is 6.61 Å². The van der Waals surface area contributed by atoms with Gasteiger partial charge in [0.25, 0.3) is 0 Å². The van der Waals surface area contributed by atoms with Crippen LogP contribution in [0.3, 0.4) is 0 Å². The quantitative estimate of drug-likeness (QED) is 0.635. The lowest BCUT2D eigenvalue weighted by atomic mass is 9.94. The predicted molar refractivity (Wildman–Crippen MR) is 77.3 cm³/mol. The average molecular weight is 384 g/mol. The lowest BCUT2D eigenvalue weighted by Crippen LogP contribution is -2.41. The maximum absolute atomic E-state index is 13.3. The fraction of sp³-hybridized carbons (Fsp3) is 0.438. The summed E-state index contributed by atoms with van der Waals surface area (Å²) < 4.78 is 87.7. The highest BCUT2D eigenvalue weighted by molar-refractivity contribution is 5.96. The molecule has 26 heavy (non-hydrogen) atoms. The number of alkyl halides is 6.